The van der Waals surface area contributed by atoms with Crippen molar-refractivity contribution in [1.29, 1.82) is 0 Å². The third kappa shape index (κ3) is 2.29. The van der Waals surface area contributed by atoms with Crippen LogP contribution >= 0.6 is 11.8 Å². The molecule has 0 radical (unpaired) electrons. The summed E-state index contributed by atoms with van der Waals surface area (Å²) in [7, 11) is 1.43. The number of ether oxygens (including phenoxy) is 1. The summed E-state index contributed by atoms with van der Waals surface area (Å²) < 4.78 is 5.46. The van der Waals surface area contributed by atoms with Gasteiger partial charge in [-0.25, -0.2) is 9.69 Å². The third-order valence-electron chi connectivity index (χ3n) is 3.25. The maximum Gasteiger partial charge on any atom is 0.418 e. The second-order valence-corrected chi connectivity index (χ2v) is 5.88. The van der Waals surface area contributed by atoms with E-state index in [0.29, 0.717) is 5.56 Å². The Morgan fingerprint density at radius 2 is 1.52 bits per heavy atom. The van der Waals surface area contributed by atoms with Gasteiger partial charge in [0.2, 0.25) is 0 Å². The Balaban J connectivity index is 2.08. The van der Waals surface area contributed by atoms with E-state index in [0.717, 1.165) is 9.80 Å². The van der Waals surface area contributed by atoms with Gasteiger partial charge >= 0.3 is 6.09 Å². The number of hydrogen-bond donors (Lipinski definition) is 0. The minimum absolute atomic E-state index is 0.368. The fourth-order valence-corrected chi connectivity index (χ4v) is 3.37. The molecule has 5 heteroatoms. The summed E-state index contributed by atoms with van der Waals surface area (Å²) in [6.07, 6.45) is -0.632. The highest BCUT2D eigenvalue weighted by molar-refractivity contribution is 8.00. The molecular weight excluding hydrogens is 286 g/mol. The fourth-order valence-electron chi connectivity index (χ4n) is 2.16. The van der Waals surface area contributed by atoms with Gasteiger partial charge in [-0.15, -0.1) is 0 Å². The first-order valence-corrected chi connectivity index (χ1v) is 7.26. The maximum atomic E-state index is 12.6. The number of rotatable bonds is 3. The molecule has 21 heavy (non-hydrogen) atoms. The van der Waals surface area contributed by atoms with E-state index in [9.17, 15) is 9.59 Å². The molecule has 2 aromatic rings. The number of imide groups is 1. The predicted octanol–water partition coefficient (Wildman–Crippen LogP) is 3.24. The molecule has 106 valence electrons. The van der Waals surface area contributed by atoms with Gasteiger partial charge in [-0.2, -0.15) is 0 Å². The van der Waals surface area contributed by atoms with Crippen molar-refractivity contribution in [1.82, 2.24) is 4.90 Å². The van der Waals surface area contributed by atoms with Crippen LogP contribution in [0, 0.1) is 0 Å². The molecule has 1 aliphatic heterocycles. The molecule has 0 bridgehead atoms. The summed E-state index contributed by atoms with van der Waals surface area (Å²) in [6.45, 7) is 0. The Morgan fingerprint density at radius 3 is 2.05 bits per heavy atom. The number of carbonyl (C=O) groups excluding carboxylic acids is 2. The van der Waals surface area contributed by atoms with Gasteiger partial charge in [-0.3, -0.25) is 4.79 Å². The first-order valence-electron chi connectivity index (χ1n) is 6.44. The largest absolute Gasteiger partial charge is 0.418 e. The Hall–Kier alpha value is -2.27. The van der Waals surface area contributed by atoms with Gasteiger partial charge in [0.05, 0.1) is 0 Å². The van der Waals surface area contributed by atoms with E-state index in [4.69, 9.17) is 4.74 Å². The van der Waals surface area contributed by atoms with Crippen LogP contribution in [-0.4, -0.2) is 23.9 Å². The number of likely N-dealkylation sites (N-methyl/N-ethyl adjacent to an activating group) is 1. The molecule has 0 aliphatic carbocycles. The highest BCUT2D eigenvalue weighted by Crippen LogP contribution is 2.47. The van der Waals surface area contributed by atoms with Crippen molar-refractivity contribution < 1.29 is 14.3 Å². The van der Waals surface area contributed by atoms with E-state index in [2.05, 4.69) is 0 Å². The van der Waals surface area contributed by atoms with Crippen molar-refractivity contribution in [2.45, 2.75) is 9.83 Å². The molecule has 4 nitrogen and oxygen atoms in total. The zero-order valence-corrected chi connectivity index (χ0v) is 12.2. The predicted molar refractivity (Wildman–Crippen MR) is 79.7 cm³/mol. The van der Waals surface area contributed by atoms with Crippen LogP contribution < -0.4 is 0 Å². The van der Waals surface area contributed by atoms with Crippen LogP contribution in [0.4, 0.5) is 4.79 Å². The van der Waals surface area contributed by atoms with Crippen LogP contribution in [0.3, 0.4) is 0 Å². The molecule has 3 rings (SSSR count). The van der Waals surface area contributed by atoms with Gasteiger partial charge in [0, 0.05) is 17.5 Å². The number of nitrogens with zero attached hydrogens (tertiary/aromatic N) is 1. The second kappa shape index (κ2) is 5.26. The van der Waals surface area contributed by atoms with Gasteiger partial charge in [0.25, 0.3) is 10.8 Å². The Bertz CT molecular complexity index is 674. The molecule has 2 aromatic carbocycles. The van der Waals surface area contributed by atoms with Crippen LogP contribution in [0.5, 0.6) is 0 Å². The Kier molecular flexibility index (Phi) is 3.43. The Labute approximate surface area is 126 Å². The maximum absolute atomic E-state index is 12.6. The highest BCUT2D eigenvalue weighted by Gasteiger charge is 2.55. The molecule has 1 heterocycles. The summed E-state index contributed by atoms with van der Waals surface area (Å²) in [5.74, 6) is -0.368. The average molecular weight is 299 g/mol. The standard InChI is InChI=1S/C16H13NO3S/c1-17-14(18)16(20-15(17)19,12-8-4-2-5-9-12)21-13-10-6-3-7-11-13/h2-11H,1H3. The van der Waals surface area contributed by atoms with Crippen LogP contribution in [0.25, 0.3) is 0 Å². The lowest BCUT2D eigenvalue weighted by Crippen LogP contribution is -2.34. The monoisotopic (exact) mass is 299 g/mol. The number of thioether (sulfide) groups is 1. The molecule has 1 saturated heterocycles. The average Bonchev–Trinajstić information content (AvgIpc) is 2.74. The summed E-state index contributed by atoms with van der Waals surface area (Å²) in [6, 6.07) is 18.5. The van der Waals surface area contributed by atoms with E-state index in [1.807, 2.05) is 48.5 Å². The van der Waals surface area contributed by atoms with Crippen molar-refractivity contribution >= 4 is 23.8 Å². The number of amides is 2. The summed E-state index contributed by atoms with van der Waals surface area (Å²) in [4.78, 5) is 25.0. The lowest BCUT2D eigenvalue weighted by atomic mass is 10.1. The molecule has 1 atom stereocenters. The lowest BCUT2D eigenvalue weighted by molar-refractivity contribution is -0.131. The zero-order chi connectivity index (χ0) is 14.9. The smallest absolute Gasteiger partial charge is 0.417 e. The van der Waals surface area contributed by atoms with Gasteiger partial charge in [-0.05, 0) is 12.1 Å². The van der Waals surface area contributed by atoms with Gasteiger partial charge in [0.15, 0.2) is 0 Å². The highest BCUT2D eigenvalue weighted by atomic mass is 32.2. The van der Waals surface area contributed by atoms with Crippen LogP contribution in [-0.2, 0) is 14.5 Å². The van der Waals surface area contributed by atoms with E-state index in [1.54, 1.807) is 12.1 Å². The van der Waals surface area contributed by atoms with Crippen molar-refractivity contribution in [2.75, 3.05) is 7.05 Å². The summed E-state index contributed by atoms with van der Waals surface area (Å²) in [5.41, 5.74) is 0.654. The number of carbonyl (C=O) groups is 2. The molecule has 1 aliphatic rings. The third-order valence-corrected chi connectivity index (χ3v) is 4.54. The van der Waals surface area contributed by atoms with Crippen molar-refractivity contribution in [3.05, 3.63) is 66.2 Å². The molecule has 0 spiro atoms. The van der Waals surface area contributed by atoms with Gasteiger partial charge in [-0.1, -0.05) is 60.3 Å². The fraction of sp³-hybridized carbons (Fsp3) is 0.125. The normalized spacial score (nSPS) is 21.5. The first-order chi connectivity index (χ1) is 10.1. The van der Waals surface area contributed by atoms with E-state index in [-0.39, 0.29) is 5.91 Å². The van der Waals surface area contributed by atoms with Gasteiger partial charge < -0.3 is 4.74 Å². The summed E-state index contributed by atoms with van der Waals surface area (Å²) in [5, 5.41) is 0. The van der Waals surface area contributed by atoms with Crippen molar-refractivity contribution in [3.8, 4) is 0 Å². The SMILES string of the molecule is CN1C(=O)OC(Sc2ccccc2)(c2ccccc2)C1=O. The molecule has 1 unspecified atom stereocenters. The molecule has 1 fully saturated rings. The molecular formula is C16H13NO3S. The summed E-state index contributed by atoms with van der Waals surface area (Å²) >= 11 is 1.23. The minimum atomic E-state index is -1.35. The van der Waals surface area contributed by atoms with Crippen LogP contribution in [0.2, 0.25) is 0 Å². The molecule has 2 amide bonds. The first kappa shape index (κ1) is 13.7. The number of cyclic esters (lactones) is 1. The van der Waals surface area contributed by atoms with Crippen molar-refractivity contribution in [2.24, 2.45) is 0 Å². The van der Waals surface area contributed by atoms with Crippen molar-refractivity contribution in [3.63, 3.8) is 0 Å². The zero-order valence-electron chi connectivity index (χ0n) is 11.4. The number of benzene rings is 2. The molecule has 0 aromatic heterocycles. The minimum Gasteiger partial charge on any atom is -0.417 e. The van der Waals surface area contributed by atoms with Crippen LogP contribution in [0.15, 0.2) is 65.6 Å². The van der Waals surface area contributed by atoms with E-state index in [1.165, 1.54) is 18.8 Å². The Morgan fingerprint density at radius 1 is 0.952 bits per heavy atom. The van der Waals surface area contributed by atoms with Crippen LogP contribution in [0.1, 0.15) is 5.56 Å². The van der Waals surface area contributed by atoms with E-state index >= 15 is 0 Å². The van der Waals surface area contributed by atoms with Gasteiger partial charge in [0.1, 0.15) is 0 Å². The lowest BCUT2D eigenvalue weighted by Gasteiger charge is -2.24. The topological polar surface area (TPSA) is 46.6 Å². The number of hydrogen-bond acceptors (Lipinski definition) is 4. The second-order valence-electron chi connectivity index (χ2n) is 4.63. The molecule has 0 saturated carbocycles. The molecule has 0 N–H and O–H groups in total. The van der Waals surface area contributed by atoms with E-state index < -0.39 is 11.0 Å². The quantitative estimate of drug-likeness (QED) is 0.873.